The van der Waals surface area contributed by atoms with E-state index in [0.29, 0.717) is 5.56 Å². The molecule has 122 valence electrons. The van der Waals surface area contributed by atoms with Crippen molar-refractivity contribution in [3.63, 3.8) is 0 Å². The van der Waals surface area contributed by atoms with Crippen LogP contribution in [0, 0.1) is 13.8 Å². The monoisotopic (exact) mass is 312 g/mol. The van der Waals surface area contributed by atoms with Crippen LogP contribution >= 0.6 is 0 Å². The zero-order chi connectivity index (χ0) is 16.4. The second-order valence-electron chi connectivity index (χ2n) is 6.28. The lowest BCUT2D eigenvalue weighted by atomic mass is 10.2. The van der Waals surface area contributed by atoms with Crippen LogP contribution in [0.4, 0.5) is 11.4 Å². The number of hydrogen-bond donors (Lipinski definition) is 2. The molecule has 0 spiro atoms. The van der Waals surface area contributed by atoms with Crippen LogP contribution < -0.4 is 10.2 Å². The van der Waals surface area contributed by atoms with E-state index in [0.717, 1.165) is 43.3 Å². The van der Waals surface area contributed by atoms with E-state index in [1.807, 2.05) is 32.0 Å². The smallest absolute Gasteiger partial charge is 0.257 e. The number of H-pyrrole nitrogens is 1. The molecule has 1 aliphatic heterocycles. The highest BCUT2D eigenvalue weighted by Gasteiger charge is 2.15. The van der Waals surface area contributed by atoms with Crippen molar-refractivity contribution < 1.29 is 4.79 Å². The molecule has 3 rings (SSSR count). The van der Waals surface area contributed by atoms with Crippen molar-refractivity contribution in [2.75, 3.05) is 43.4 Å². The summed E-state index contributed by atoms with van der Waals surface area (Å²) in [6, 6.07) is 9.98. The maximum atomic E-state index is 12.3. The molecule has 0 radical (unpaired) electrons. The fourth-order valence-electron chi connectivity index (χ4n) is 2.98. The van der Waals surface area contributed by atoms with E-state index in [9.17, 15) is 4.79 Å². The number of amides is 1. The van der Waals surface area contributed by atoms with E-state index < -0.39 is 0 Å². The number of nitrogens with zero attached hydrogens (tertiary/aromatic N) is 2. The van der Waals surface area contributed by atoms with E-state index in [4.69, 9.17) is 0 Å². The van der Waals surface area contributed by atoms with E-state index >= 15 is 0 Å². The molecule has 2 aromatic rings. The Morgan fingerprint density at radius 2 is 1.74 bits per heavy atom. The summed E-state index contributed by atoms with van der Waals surface area (Å²) in [6.07, 6.45) is 0. The van der Waals surface area contributed by atoms with E-state index in [1.165, 1.54) is 5.69 Å². The predicted molar refractivity (Wildman–Crippen MR) is 94.4 cm³/mol. The van der Waals surface area contributed by atoms with Gasteiger partial charge in [0.05, 0.1) is 5.56 Å². The van der Waals surface area contributed by atoms with E-state index in [-0.39, 0.29) is 5.91 Å². The summed E-state index contributed by atoms with van der Waals surface area (Å²) >= 11 is 0. The Kier molecular flexibility index (Phi) is 4.39. The maximum Gasteiger partial charge on any atom is 0.257 e. The van der Waals surface area contributed by atoms with Gasteiger partial charge in [-0.05, 0) is 51.2 Å². The maximum absolute atomic E-state index is 12.3. The minimum absolute atomic E-state index is 0.0702. The van der Waals surface area contributed by atoms with Gasteiger partial charge in [-0.3, -0.25) is 4.79 Å². The van der Waals surface area contributed by atoms with E-state index in [1.54, 1.807) is 0 Å². The van der Waals surface area contributed by atoms with Gasteiger partial charge in [0.1, 0.15) is 0 Å². The van der Waals surface area contributed by atoms with Gasteiger partial charge in [-0.15, -0.1) is 0 Å². The lowest BCUT2D eigenvalue weighted by Crippen LogP contribution is -2.44. The Balaban J connectivity index is 1.65. The number of aromatic amines is 1. The molecule has 1 aromatic carbocycles. The summed E-state index contributed by atoms with van der Waals surface area (Å²) < 4.78 is 0. The molecule has 1 saturated heterocycles. The van der Waals surface area contributed by atoms with Crippen molar-refractivity contribution in [2.24, 2.45) is 0 Å². The molecular formula is C18H24N4O. The van der Waals surface area contributed by atoms with Gasteiger partial charge >= 0.3 is 0 Å². The SMILES string of the molecule is Cc1cc(C(=O)Nc2ccc(N3CCN(C)CC3)cc2)c(C)[nH]1. The highest BCUT2D eigenvalue weighted by molar-refractivity contribution is 6.05. The van der Waals surface area contributed by atoms with Crippen molar-refractivity contribution in [2.45, 2.75) is 13.8 Å². The lowest BCUT2D eigenvalue weighted by Gasteiger charge is -2.34. The summed E-state index contributed by atoms with van der Waals surface area (Å²) in [5.41, 5.74) is 4.63. The van der Waals surface area contributed by atoms with Crippen molar-refractivity contribution >= 4 is 17.3 Å². The minimum Gasteiger partial charge on any atom is -0.369 e. The summed E-state index contributed by atoms with van der Waals surface area (Å²) in [5.74, 6) is -0.0702. The van der Waals surface area contributed by atoms with Gasteiger partial charge in [-0.25, -0.2) is 0 Å². The summed E-state index contributed by atoms with van der Waals surface area (Å²) in [5, 5.41) is 2.96. The Morgan fingerprint density at radius 1 is 1.09 bits per heavy atom. The molecular weight excluding hydrogens is 288 g/mol. The summed E-state index contributed by atoms with van der Waals surface area (Å²) in [4.78, 5) is 20.2. The molecule has 2 heterocycles. The van der Waals surface area contributed by atoms with Gasteiger partial charge in [0, 0.05) is 48.9 Å². The van der Waals surface area contributed by atoms with Crippen LogP contribution in [0.1, 0.15) is 21.7 Å². The Morgan fingerprint density at radius 3 is 2.30 bits per heavy atom. The Hall–Kier alpha value is -2.27. The number of anilines is 2. The normalized spacial score (nSPS) is 15.7. The topological polar surface area (TPSA) is 51.4 Å². The van der Waals surface area contributed by atoms with Crippen LogP contribution in [0.5, 0.6) is 0 Å². The number of hydrogen-bond acceptors (Lipinski definition) is 3. The number of nitrogens with one attached hydrogen (secondary N) is 2. The van der Waals surface area contributed by atoms with Gasteiger partial charge in [0.2, 0.25) is 0 Å². The van der Waals surface area contributed by atoms with Crippen LogP contribution in [-0.4, -0.2) is 49.0 Å². The number of likely N-dealkylation sites (N-methyl/N-ethyl adjacent to an activating group) is 1. The van der Waals surface area contributed by atoms with Gasteiger partial charge < -0.3 is 20.1 Å². The van der Waals surface area contributed by atoms with Gasteiger partial charge in [-0.2, -0.15) is 0 Å². The first kappa shape index (κ1) is 15.6. The predicted octanol–water partition coefficient (Wildman–Crippen LogP) is 2.64. The molecule has 1 fully saturated rings. The van der Waals surface area contributed by atoms with Crippen molar-refractivity contribution in [1.82, 2.24) is 9.88 Å². The highest BCUT2D eigenvalue weighted by atomic mass is 16.1. The average Bonchev–Trinajstić information content (AvgIpc) is 2.88. The lowest BCUT2D eigenvalue weighted by molar-refractivity contribution is 0.102. The Labute approximate surface area is 137 Å². The number of carbonyl (C=O) groups is 1. The first-order chi connectivity index (χ1) is 11.0. The zero-order valence-electron chi connectivity index (χ0n) is 14.0. The van der Waals surface area contributed by atoms with Crippen molar-refractivity contribution in [1.29, 1.82) is 0 Å². The third-order valence-corrected chi connectivity index (χ3v) is 4.39. The number of aromatic nitrogens is 1. The Bertz CT molecular complexity index is 682. The van der Waals surface area contributed by atoms with Gasteiger partial charge in [-0.1, -0.05) is 0 Å². The fourth-order valence-corrected chi connectivity index (χ4v) is 2.98. The summed E-state index contributed by atoms with van der Waals surface area (Å²) in [6.45, 7) is 8.14. The molecule has 1 aliphatic rings. The zero-order valence-corrected chi connectivity index (χ0v) is 14.0. The second kappa shape index (κ2) is 6.46. The first-order valence-corrected chi connectivity index (χ1v) is 8.04. The molecule has 5 heteroatoms. The number of piperazine rings is 1. The minimum atomic E-state index is -0.0702. The standard InChI is InChI=1S/C18H24N4O/c1-13-12-17(14(2)19-13)18(23)20-15-4-6-16(7-5-15)22-10-8-21(3)9-11-22/h4-7,12,19H,8-11H2,1-3H3,(H,20,23). The molecule has 0 atom stereocenters. The quantitative estimate of drug-likeness (QED) is 0.916. The second-order valence-corrected chi connectivity index (χ2v) is 6.28. The van der Waals surface area contributed by atoms with Crippen LogP contribution in [0.15, 0.2) is 30.3 Å². The largest absolute Gasteiger partial charge is 0.369 e. The molecule has 0 aliphatic carbocycles. The van der Waals surface area contributed by atoms with Crippen LogP contribution in [0.25, 0.3) is 0 Å². The van der Waals surface area contributed by atoms with Crippen molar-refractivity contribution in [3.8, 4) is 0 Å². The molecule has 2 N–H and O–H groups in total. The molecule has 0 saturated carbocycles. The first-order valence-electron chi connectivity index (χ1n) is 8.04. The molecule has 1 amide bonds. The number of carbonyl (C=O) groups excluding carboxylic acids is 1. The van der Waals surface area contributed by atoms with Crippen LogP contribution in [0.2, 0.25) is 0 Å². The molecule has 1 aromatic heterocycles. The van der Waals surface area contributed by atoms with Crippen LogP contribution in [-0.2, 0) is 0 Å². The number of benzene rings is 1. The molecule has 5 nitrogen and oxygen atoms in total. The molecule has 23 heavy (non-hydrogen) atoms. The summed E-state index contributed by atoms with van der Waals surface area (Å²) in [7, 11) is 2.15. The fraction of sp³-hybridized carbons (Fsp3) is 0.389. The van der Waals surface area contributed by atoms with E-state index in [2.05, 4.69) is 39.3 Å². The third kappa shape index (κ3) is 3.56. The van der Waals surface area contributed by atoms with Crippen molar-refractivity contribution in [3.05, 3.63) is 47.3 Å². The third-order valence-electron chi connectivity index (χ3n) is 4.39. The number of aryl methyl sites for hydroxylation is 2. The van der Waals surface area contributed by atoms with Gasteiger partial charge in [0.15, 0.2) is 0 Å². The van der Waals surface area contributed by atoms with Crippen LogP contribution in [0.3, 0.4) is 0 Å². The molecule has 0 unspecified atom stereocenters. The average molecular weight is 312 g/mol. The van der Waals surface area contributed by atoms with Gasteiger partial charge in [0.25, 0.3) is 5.91 Å². The highest BCUT2D eigenvalue weighted by Crippen LogP contribution is 2.20. The molecule has 0 bridgehead atoms. The number of rotatable bonds is 3.